The van der Waals surface area contributed by atoms with E-state index < -0.39 is 10.0 Å². The Morgan fingerprint density at radius 2 is 1.93 bits per heavy atom. The quantitative estimate of drug-likeness (QED) is 0.610. The van der Waals surface area contributed by atoms with E-state index in [-0.39, 0.29) is 10.8 Å². The van der Waals surface area contributed by atoms with Gasteiger partial charge in [-0.2, -0.15) is 0 Å². The maximum atomic E-state index is 12.3. The molecule has 0 aliphatic rings. The van der Waals surface area contributed by atoms with Gasteiger partial charge in [-0.25, -0.2) is 17.4 Å². The van der Waals surface area contributed by atoms with Gasteiger partial charge in [0, 0.05) is 32.7 Å². The first-order valence-corrected chi connectivity index (χ1v) is 10.9. The van der Waals surface area contributed by atoms with Crippen LogP contribution in [0, 0.1) is 0 Å². The number of benzene rings is 2. The predicted molar refractivity (Wildman–Crippen MR) is 112 cm³/mol. The largest absolute Gasteiger partial charge is 0.326 e. The lowest BCUT2D eigenvalue weighted by molar-refractivity contribution is -0.116. The molecule has 0 spiro atoms. The van der Waals surface area contributed by atoms with Crippen LogP contribution in [0.5, 0.6) is 0 Å². The number of aryl methyl sites for hydroxylation is 2. The number of para-hydroxylation sites is 1. The van der Waals surface area contributed by atoms with Crippen LogP contribution in [-0.4, -0.2) is 47.7 Å². The molecule has 8 nitrogen and oxygen atoms in total. The normalized spacial score (nSPS) is 11.9. The molecule has 0 fully saturated rings. The Kier molecular flexibility index (Phi) is 6.29. The molecule has 1 amide bonds. The SMILES string of the molecule is CCc1ccccc1NC(=O)CCCn1nnc2cc(S(=O)(=O)N(C)C)ccc21. The van der Waals surface area contributed by atoms with Crippen molar-refractivity contribution < 1.29 is 13.2 Å². The van der Waals surface area contributed by atoms with Crippen LogP contribution in [0.1, 0.15) is 25.3 Å². The minimum absolute atomic E-state index is 0.0466. The van der Waals surface area contributed by atoms with Crippen molar-refractivity contribution in [1.82, 2.24) is 19.3 Å². The van der Waals surface area contributed by atoms with Crippen molar-refractivity contribution in [3.63, 3.8) is 0 Å². The van der Waals surface area contributed by atoms with Gasteiger partial charge in [0.05, 0.1) is 10.4 Å². The molecule has 2 aromatic carbocycles. The molecule has 0 unspecified atom stereocenters. The first-order chi connectivity index (χ1) is 13.8. The van der Waals surface area contributed by atoms with Gasteiger partial charge >= 0.3 is 0 Å². The summed E-state index contributed by atoms with van der Waals surface area (Å²) in [5.74, 6) is -0.0466. The zero-order valence-corrected chi connectivity index (χ0v) is 17.6. The maximum Gasteiger partial charge on any atom is 0.242 e. The van der Waals surface area contributed by atoms with Crippen LogP contribution in [-0.2, 0) is 27.8 Å². The fourth-order valence-electron chi connectivity index (χ4n) is 3.04. The molecule has 0 bridgehead atoms. The molecule has 3 aromatic rings. The highest BCUT2D eigenvalue weighted by molar-refractivity contribution is 7.89. The summed E-state index contributed by atoms with van der Waals surface area (Å²) >= 11 is 0. The average molecular weight is 416 g/mol. The lowest BCUT2D eigenvalue weighted by atomic mass is 10.1. The first kappa shape index (κ1) is 20.9. The lowest BCUT2D eigenvalue weighted by Gasteiger charge is -2.11. The Hall–Kier alpha value is -2.78. The highest BCUT2D eigenvalue weighted by Gasteiger charge is 2.18. The van der Waals surface area contributed by atoms with Crippen molar-refractivity contribution in [2.24, 2.45) is 0 Å². The van der Waals surface area contributed by atoms with Gasteiger partial charge < -0.3 is 5.32 Å². The third kappa shape index (κ3) is 4.63. The fourth-order valence-corrected chi connectivity index (χ4v) is 3.96. The Labute approximate surface area is 170 Å². The summed E-state index contributed by atoms with van der Waals surface area (Å²) in [5.41, 5.74) is 3.20. The van der Waals surface area contributed by atoms with Gasteiger partial charge in [-0.1, -0.05) is 30.3 Å². The zero-order chi connectivity index (χ0) is 21.0. The number of nitrogens with zero attached hydrogens (tertiary/aromatic N) is 4. The topological polar surface area (TPSA) is 97.2 Å². The van der Waals surface area contributed by atoms with E-state index in [0.717, 1.165) is 27.5 Å². The molecule has 9 heteroatoms. The number of carbonyl (C=O) groups excluding carboxylic acids is 1. The minimum Gasteiger partial charge on any atom is -0.326 e. The third-order valence-corrected chi connectivity index (χ3v) is 6.52. The number of amides is 1. The van der Waals surface area contributed by atoms with Crippen LogP contribution in [0.25, 0.3) is 11.0 Å². The van der Waals surface area contributed by atoms with Gasteiger partial charge in [0.15, 0.2) is 0 Å². The number of anilines is 1. The van der Waals surface area contributed by atoms with E-state index in [4.69, 9.17) is 0 Å². The van der Waals surface area contributed by atoms with Gasteiger partial charge in [-0.05, 0) is 42.7 Å². The standard InChI is InChI=1S/C20H25N5O3S/c1-4-15-8-5-6-9-17(15)21-20(26)10-7-13-25-19-12-11-16(14-18(19)22-23-25)29(27,28)24(2)3/h5-6,8-9,11-12,14H,4,7,10,13H2,1-3H3,(H,21,26). The molecular formula is C20H25N5O3S. The molecule has 0 aliphatic carbocycles. The number of sulfonamides is 1. The third-order valence-electron chi connectivity index (χ3n) is 4.71. The number of carbonyl (C=O) groups is 1. The predicted octanol–water partition coefficient (Wildman–Crippen LogP) is 2.66. The summed E-state index contributed by atoms with van der Waals surface area (Å²) in [6.45, 7) is 2.56. The van der Waals surface area contributed by atoms with Crippen LogP contribution in [0.2, 0.25) is 0 Å². The van der Waals surface area contributed by atoms with Gasteiger partial charge in [-0.15, -0.1) is 5.10 Å². The molecule has 0 atom stereocenters. The lowest BCUT2D eigenvalue weighted by Crippen LogP contribution is -2.22. The van der Waals surface area contributed by atoms with Crippen molar-refractivity contribution >= 4 is 32.7 Å². The molecule has 1 aromatic heterocycles. The highest BCUT2D eigenvalue weighted by atomic mass is 32.2. The van der Waals surface area contributed by atoms with Crippen molar-refractivity contribution in [3.05, 3.63) is 48.0 Å². The van der Waals surface area contributed by atoms with E-state index in [9.17, 15) is 13.2 Å². The molecule has 154 valence electrons. The van der Waals surface area contributed by atoms with Crippen LogP contribution in [0.4, 0.5) is 5.69 Å². The second-order valence-corrected chi connectivity index (χ2v) is 9.06. The molecule has 29 heavy (non-hydrogen) atoms. The van der Waals surface area contributed by atoms with E-state index in [2.05, 4.69) is 22.6 Å². The highest BCUT2D eigenvalue weighted by Crippen LogP contribution is 2.20. The Balaban J connectivity index is 1.63. The molecule has 3 rings (SSSR count). The number of fused-ring (bicyclic) bond motifs is 1. The summed E-state index contributed by atoms with van der Waals surface area (Å²) in [4.78, 5) is 12.4. The molecule has 1 heterocycles. The number of hydrogen-bond acceptors (Lipinski definition) is 5. The Morgan fingerprint density at radius 1 is 1.17 bits per heavy atom. The van der Waals surface area contributed by atoms with E-state index >= 15 is 0 Å². The molecule has 0 aliphatic heterocycles. The minimum atomic E-state index is -3.52. The molecule has 1 N–H and O–H groups in total. The summed E-state index contributed by atoms with van der Waals surface area (Å²) in [6.07, 6.45) is 1.80. The zero-order valence-electron chi connectivity index (χ0n) is 16.8. The molecule has 0 saturated carbocycles. The molecule has 0 saturated heterocycles. The number of hydrogen-bond donors (Lipinski definition) is 1. The summed E-state index contributed by atoms with van der Waals surface area (Å²) in [6, 6.07) is 12.5. The van der Waals surface area contributed by atoms with Crippen molar-refractivity contribution in [1.29, 1.82) is 0 Å². The van der Waals surface area contributed by atoms with Crippen LogP contribution >= 0.6 is 0 Å². The van der Waals surface area contributed by atoms with Crippen molar-refractivity contribution in [2.45, 2.75) is 37.6 Å². The summed E-state index contributed by atoms with van der Waals surface area (Å²) < 4.78 is 27.4. The van der Waals surface area contributed by atoms with Crippen LogP contribution < -0.4 is 5.32 Å². The molecule has 0 radical (unpaired) electrons. The monoisotopic (exact) mass is 415 g/mol. The fraction of sp³-hybridized carbons (Fsp3) is 0.350. The summed E-state index contributed by atoms with van der Waals surface area (Å²) in [5, 5.41) is 11.1. The Morgan fingerprint density at radius 3 is 2.66 bits per heavy atom. The van der Waals surface area contributed by atoms with Crippen LogP contribution in [0.15, 0.2) is 47.4 Å². The van der Waals surface area contributed by atoms with Gasteiger partial charge in [0.1, 0.15) is 5.52 Å². The second-order valence-electron chi connectivity index (χ2n) is 6.91. The van der Waals surface area contributed by atoms with Gasteiger partial charge in [0.25, 0.3) is 0 Å². The van der Waals surface area contributed by atoms with E-state index in [0.29, 0.717) is 24.9 Å². The molecular weight excluding hydrogens is 390 g/mol. The average Bonchev–Trinajstić information content (AvgIpc) is 3.10. The Bertz CT molecular complexity index is 1120. The number of aromatic nitrogens is 3. The van der Waals surface area contributed by atoms with Gasteiger partial charge in [0.2, 0.25) is 15.9 Å². The van der Waals surface area contributed by atoms with Gasteiger partial charge in [-0.3, -0.25) is 4.79 Å². The maximum absolute atomic E-state index is 12.3. The van der Waals surface area contributed by atoms with E-state index in [1.54, 1.807) is 16.8 Å². The van der Waals surface area contributed by atoms with E-state index in [1.807, 2.05) is 24.3 Å². The summed E-state index contributed by atoms with van der Waals surface area (Å²) in [7, 11) is -0.547. The van der Waals surface area contributed by atoms with Crippen molar-refractivity contribution in [3.8, 4) is 0 Å². The van der Waals surface area contributed by atoms with Crippen molar-refractivity contribution in [2.75, 3.05) is 19.4 Å². The first-order valence-electron chi connectivity index (χ1n) is 9.46. The van der Waals surface area contributed by atoms with Crippen LogP contribution in [0.3, 0.4) is 0 Å². The smallest absolute Gasteiger partial charge is 0.242 e. The second kappa shape index (κ2) is 8.71. The number of rotatable bonds is 8. The number of nitrogens with one attached hydrogen (secondary N) is 1. The van der Waals surface area contributed by atoms with E-state index in [1.165, 1.54) is 20.2 Å².